The Morgan fingerprint density at radius 1 is 1.33 bits per heavy atom. The fraction of sp³-hybridized carbons (Fsp3) is 0.308. The highest BCUT2D eigenvalue weighted by Crippen LogP contribution is 2.10. The van der Waals surface area contributed by atoms with Gasteiger partial charge in [0.15, 0.2) is 0 Å². The van der Waals surface area contributed by atoms with E-state index in [1.807, 2.05) is 35.1 Å². The maximum absolute atomic E-state index is 5.85. The molecule has 4 nitrogen and oxygen atoms in total. The van der Waals surface area contributed by atoms with Gasteiger partial charge < -0.3 is 10.6 Å². The molecule has 1 aromatic heterocycles. The number of hydrogen-bond acceptors (Lipinski definition) is 3. The van der Waals surface area contributed by atoms with Crippen LogP contribution in [0.5, 0.6) is 0 Å². The van der Waals surface area contributed by atoms with Gasteiger partial charge in [-0.25, -0.2) is 0 Å². The lowest BCUT2D eigenvalue weighted by molar-refractivity contribution is 0.305. The topological polar surface area (TPSA) is 47.1 Å². The zero-order valence-electron chi connectivity index (χ0n) is 10.4. The standard InChI is InChI=1S/C13H17ClN4/c1-17(6-7-18-10-13(15)8-16-18)9-11-2-4-12(14)5-3-11/h2-5,8,10H,6-7,9,15H2,1H3. The van der Waals surface area contributed by atoms with Crippen molar-refractivity contribution < 1.29 is 0 Å². The smallest absolute Gasteiger partial charge is 0.0719 e. The predicted molar refractivity (Wildman–Crippen MR) is 74.4 cm³/mol. The van der Waals surface area contributed by atoms with Gasteiger partial charge in [-0.15, -0.1) is 0 Å². The van der Waals surface area contributed by atoms with Crippen molar-refractivity contribution in [2.45, 2.75) is 13.1 Å². The summed E-state index contributed by atoms with van der Waals surface area (Å²) >= 11 is 5.85. The van der Waals surface area contributed by atoms with Crippen molar-refractivity contribution in [3.8, 4) is 0 Å². The third kappa shape index (κ3) is 3.75. The van der Waals surface area contributed by atoms with Gasteiger partial charge in [-0.2, -0.15) is 5.10 Å². The summed E-state index contributed by atoms with van der Waals surface area (Å²) in [5.74, 6) is 0. The van der Waals surface area contributed by atoms with Crippen LogP contribution in [0.3, 0.4) is 0 Å². The van der Waals surface area contributed by atoms with E-state index in [0.29, 0.717) is 5.69 Å². The van der Waals surface area contributed by atoms with Crippen LogP contribution in [-0.4, -0.2) is 28.3 Å². The average Bonchev–Trinajstić information content (AvgIpc) is 2.76. The van der Waals surface area contributed by atoms with Crippen LogP contribution >= 0.6 is 11.6 Å². The van der Waals surface area contributed by atoms with Crippen LogP contribution in [0.15, 0.2) is 36.7 Å². The molecule has 0 amide bonds. The van der Waals surface area contributed by atoms with Crippen LogP contribution in [0, 0.1) is 0 Å². The quantitative estimate of drug-likeness (QED) is 0.901. The minimum absolute atomic E-state index is 0.704. The van der Waals surface area contributed by atoms with E-state index < -0.39 is 0 Å². The summed E-state index contributed by atoms with van der Waals surface area (Å²) in [6.45, 7) is 2.65. The average molecular weight is 265 g/mol. The van der Waals surface area contributed by atoms with E-state index in [2.05, 4.69) is 17.0 Å². The summed E-state index contributed by atoms with van der Waals surface area (Å²) in [6.07, 6.45) is 3.51. The molecule has 18 heavy (non-hydrogen) atoms. The Hall–Kier alpha value is -1.52. The Morgan fingerprint density at radius 2 is 2.06 bits per heavy atom. The summed E-state index contributed by atoms with van der Waals surface area (Å²) in [4.78, 5) is 2.24. The van der Waals surface area contributed by atoms with Crippen molar-refractivity contribution in [3.05, 3.63) is 47.2 Å². The number of benzene rings is 1. The van der Waals surface area contributed by atoms with E-state index in [1.54, 1.807) is 6.20 Å². The lowest BCUT2D eigenvalue weighted by Gasteiger charge is -2.16. The second kappa shape index (κ2) is 5.89. The van der Waals surface area contributed by atoms with Gasteiger partial charge in [-0.05, 0) is 24.7 Å². The lowest BCUT2D eigenvalue weighted by Crippen LogP contribution is -2.23. The Kier molecular flexibility index (Phi) is 4.23. The number of likely N-dealkylation sites (N-methyl/N-ethyl adjacent to an activating group) is 1. The first kappa shape index (κ1) is 12.9. The monoisotopic (exact) mass is 264 g/mol. The second-order valence-corrected chi connectivity index (χ2v) is 4.84. The maximum atomic E-state index is 5.85. The van der Waals surface area contributed by atoms with Crippen LogP contribution in [0.4, 0.5) is 5.69 Å². The van der Waals surface area contributed by atoms with Gasteiger partial charge in [0.2, 0.25) is 0 Å². The summed E-state index contributed by atoms with van der Waals surface area (Å²) < 4.78 is 1.85. The molecular formula is C13H17ClN4. The number of nitrogen functional groups attached to an aromatic ring is 1. The first-order valence-electron chi connectivity index (χ1n) is 5.84. The maximum Gasteiger partial charge on any atom is 0.0719 e. The molecule has 2 rings (SSSR count). The Balaban J connectivity index is 1.81. The van der Waals surface area contributed by atoms with Crippen molar-refractivity contribution in [3.63, 3.8) is 0 Å². The molecule has 0 aliphatic carbocycles. The molecule has 0 bridgehead atoms. The van der Waals surface area contributed by atoms with Crippen molar-refractivity contribution in [2.24, 2.45) is 0 Å². The molecule has 0 spiro atoms. The number of rotatable bonds is 5. The number of halogens is 1. The summed E-state index contributed by atoms with van der Waals surface area (Å²) in [5.41, 5.74) is 7.57. The zero-order valence-corrected chi connectivity index (χ0v) is 11.1. The molecule has 0 atom stereocenters. The zero-order chi connectivity index (χ0) is 13.0. The number of hydrogen-bond donors (Lipinski definition) is 1. The van der Waals surface area contributed by atoms with E-state index in [-0.39, 0.29) is 0 Å². The van der Waals surface area contributed by atoms with Crippen molar-refractivity contribution in [2.75, 3.05) is 19.3 Å². The minimum atomic E-state index is 0.704. The molecule has 0 saturated heterocycles. The van der Waals surface area contributed by atoms with Gasteiger partial charge in [0.1, 0.15) is 0 Å². The fourth-order valence-electron chi connectivity index (χ4n) is 1.76. The molecule has 2 N–H and O–H groups in total. The molecule has 5 heteroatoms. The third-order valence-electron chi connectivity index (χ3n) is 2.73. The van der Waals surface area contributed by atoms with Gasteiger partial charge in [-0.1, -0.05) is 23.7 Å². The molecular weight excluding hydrogens is 248 g/mol. The highest BCUT2D eigenvalue weighted by atomic mass is 35.5. The Labute approximate surface area is 112 Å². The number of nitrogens with zero attached hydrogens (tertiary/aromatic N) is 3. The predicted octanol–water partition coefficient (Wildman–Crippen LogP) is 2.25. The van der Waals surface area contributed by atoms with Crippen LogP contribution in [0.25, 0.3) is 0 Å². The molecule has 96 valence electrons. The van der Waals surface area contributed by atoms with Gasteiger partial charge in [-0.3, -0.25) is 4.68 Å². The van der Waals surface area contributed by atoms with Crippen LogP contribution < -0.4 is 5.73 Å². The van der Waals surface area contributed by atoms with E-state index in [9.17, 15) is 0 Å². The number of nitrogens with two attached hydrogens (primary N) is 1. The summed E-state index contributed by atoms with van der Waals surface area (Å²) in [5, 5.41) is 4.93. The molecule has 0 unspecified atom stereocenters. The SMILES string of the molecule is CN(CCn1cc(N)cn1)Cc1ccc(Cl)cc1. The van der Waals surface area contributed by atoms with E-state index in [4.69, 9.17) is 17.3 Å². The summed E-state index contributed by atoms with van der Waals surface area (Å²) in [7, 11) is 2.08. The van der Waals surface area contributed by atoms with Gasteiger partial charge in [0.05, 0.1) is 18.4 Å². The summed E-state index contributed by atoms with van der Waals surface area (Å²) in [6, 6.07) is 7.92. The molecule has 0 aliphatic rings. The molecule has 1 heterocycles. The van der Waals surface area contributed by atoms with Gasteiger partial charge >= 0.3 is 0 Å². The highest BCUT2D eigenvalue weighted by Gasteiger charge is 2.01. The van der Waals surface area contributed by atoms with E-state index in [0.717, 1.165) is 24.7 Å². The Morgan fingerprint density at radius 3 is 2.67 bits per heavy atom. The third-order valence-corrected chi connectivity index (χ3v) is 2.98. The van der Waals surface area contributed by atoms with Crippen molar-refractivity contribution in [1.29, 1.82) is 0 Å². The molecule has 0 aliphatic heterocycles. The first-order valence-corrected chi connectivity index (χ1v) is 6.22. The second-order valence-electron chi connectivity index (χ2n) is 4.40. The van der Waals surface area contributed by atoms with E-state index >= 15 is 0 Å². The number of aromatic nitrogens is 2. The largest absolute Gasteiger partial charge is 0.396 e. The van der Waals surface area contributed by atoms with Gasteiger partial charge in [0.25, 0.3) is 0 Å². The first-order chi connectivity index (χ1) is 8.63. The van der Waals surface area contributed by atoms with Crippen molar-refractivity contribution >= 4 is 17.3 Å². The van der Waals surface area contributed by atoms with Crippen LogP contribution in [0.1, 0.15) is 5.56 Å². The Bertz CT molecular complexity index is 492. The van der Waals surface area contributed by atoms with E-state index in [1.165, 1.54) is 5.56 Å². The fourth-order valence-corrected chi connectivity index (χ4v) is 1.88. The van der Waals surface area contributed by atoms with Crippen molar-refractivity contribution in [1.82, 2.24) is 14.7 Å². The number of anilines is 1. The minimum Gasteiger partial charge on any atom is -0.396 e. The van der Waals surface area contributed by atoms with Gasteiger partial charge in [0, 0.05) is 24.3 Å². The lowest BCUT2D eigenvalue weighted by atomic mass is 10.2. The molecule has 2 aromatic rings. The normalized spacial score (nSPS) is 11.1. The van der Waals surface area contributed by atoms with Crippen LogP contribution in [0.2, 0.25) is 5.02 Å². The molecule has 0 radical (unpaired) electrons. The highest BCUT2D eigenvalue weighted by molar-refractivity contribution is 6.30. The van der Waals surface area contributed by atoms with Crippen LogP contribution in [-0.2, 0) is 13.1 Å². The molecule has 0 saturated carbocycles. The molecule has 1 aromatic carbocycles. The molecule has 0 fully saturated rings.